The van der Waals surface area contributed by atoms with E-state index in [-0.39, 0.29) is 0 Å². The third-order valence-corrected chi connectivity index (χ3v) is 4.55. The van der Waals surface area contributed by atoms with Gasteiger partial charge in [0.1, 0.15) is 5.82 Å². The van der Waals surface area contributed by atoms with Gasteiger partial charge in [0.05, 0.1) is 11.6 Å². The van der Waals surface area contributed by atoms with Crippen molar-refractivity contribution in [1.29, 1.82) is 5.26 Å². The summed E-state index contributed by atoms with van der Waals surface area (Å²) >= 11 is 0. The zero-order valence-corrected chi connectivity index (χ0v) is 15.3. The maximum atomic E-state index is 9.08. The molecule has 1 aliphatic heterocycles. The molecule has 0 bridgehead atoms. The van der Waals surface area contributed by atoms with Gasteiger partial charge < -0.3 is 14.7 Å². The highest BCUT2D eigenvalue weighted by Gasteiger charge is 2.20. The predicted molar refractivity (Wildman–Crippen MR) is 101 cm³/mol. The highest BCUT2D eigenvalue weighted by molar-refractivity contribution is 5.55. The van der Waals surface area contributed by atoms with Gasteiger partial charge in [-0.3, -0.25) is 0 Å². The Labute approximate surface area is 149 Å². The van der Waals surface area contributed by atoms with Gasteiger partial charge in [0.2, 0.25) is 5.95 Å². The van der Waals surface area contributed by atoms with Crippen molar-refractivity contribution in [1.82, 2.24) is 9.97 Å². The maximum absolute atomic E-state index is 9.08. The molecule has 0 N–H and O–H groups in total. The van der Waals surface area contributed by atoms with Gasteiger partial charge in [-0.2, -0.15) is 10.2 Å². The molecule has 0 atom stereocenters. The van der Waals surface area contributed by atoms with Gasteiger partial charge in [0.15, 0.2) is 0 Å². The van der Waals surface area contributed by atoms with Gasteiger partial charge in [0.25, 0.3) is 0 Å². The van der Waals surface area contributed by atoms with E-state index in [1.54, 1.807) is 0 Å². The first-order chi connectivity index (χ1) is 12.0. The second-order valence-corrected chi connectivity index (χ2v) is 6.65. The zero-order valence-electron chi connectivity index (χ0n) is 15.3. The van der Waals surface area contributed by atoms with E-state index in [1.807, 2.05) is 51.0 Å². The van der Waals surface area contributed by atoms with Crippen molar-refractivity contribution in [2.75, 3.05) is 55.0 Å². The molecule has 6 nitrogen and oxygen atoms in total. The van der Waals surface area contributed by atoms with Crippen molar-refractivity contribution in [2.24, 2.45) is 0 Å². The molecular formula is C19H24N6. The summed E-state index contributed by atoms with van der Waals surface area (Å²) in [7, 11) is 3.99. The average molecular weight is 336 g/mol. The lowest BCUT2D eigenvalue weighted by Gasteiger charge is -2.36. The Balaban J connectivity index is 1.72. The van der Waals surface area contributed by atoms with Crippen LogP contribution in [0.2, 0.25) is 0 Å². The van der Waals surface area contributed by atoms with Crippen LogP contribution in [0.5, 0.6) is 0 Å². The van der Waals surface area contributed by atoms with Gasteiger partial charge in [-0.25, -0.2) is 4.98 Å². The molecule has 0 saturated carbocycles. The minimum atomic E-state index is 0.742. The monoisotopic (exact) mass is 336 g/mol. The van der Waals surface area contributed by atoms with E-state index in [0.29, 0.717) is 0 Å². The number of benzene rings is 1. The van der Waals surface area contributed by atoms with Crippen molar-refractivity contribution >= 4 is 17.5 Å². The highest BCUT2D eigenvalue weighted by atomic mass is 15.3. The second kappa shape index (κ2) is 6.98. The first kappa shape index (κ1) is 17.0. The quantitative estimate of drug-likeness (QED) is 0.857. The molecule has 0 unspecified atom stereocenters. The first-order valence-electron chi connectivity index (χ1n) is 8.51. The molecule has 0 spiro atoms. The molecule has 0 aliphatic carbocycles. The van der Waals surface area contributed by atoms with Crippen molar-refractivity contribution < 1.29 is 0 Å². The largest absolute Gasteiger partial charge is 0.368 e. The van der Waals surface area contributed by atoms with Gasteiger partial charge in [-0.1, -0.05) is 0 Å². The molecule has 3 rings (SSSR count). The van der Waals surface area contributed by atoms with Crippen LogP contribution < -0.4 is 14.7 Å². The van der Waals surface area contributed by atoms with Crippen LogP contribution in [0.1, 0.15) is 16.8 Å². The molecule has 1 aliphatic rings. The molecule has 25 heavy (non-hydrogen) atoms. The van der Waals surface area contributed by atoms with Crippen LogP contribution in [0.25, 0.3) is 0 Å². The Morgan fingerprint density at radius 3 is 2.28 bits per heavy atom. The van der Waals surface area contributed by atoms with Crippen LogP contribution in [-0.4, -0.2) is 50.2 Å². The van der Waals surface area contributed by atoms with E-state index in [2.05, 4.69) is 31.9 Å². The number of piperazine rings is 1. The summed E-state index contributed by atoms with van der Waals surface area (Å²) in [5.41, 5.74) is 3.93. The molecule has 2 heterocycles. The van der Waals surface area contributed by atoms with E-state index in [9.17, 15) is 0 Å². The van der Waals surface area contributed by atoms with Crippen LogP contribution in [0.15, 0.2) is 24.3 Å². The topological polar surface area (TPSA) is 59.3 Å². The third-order valence-electron chi connectivity index (χ3n) is 4.55. The van der Waals surface area contributed by atoms with Crippen LogP contribution in [0, 0.1) is 25.2 Å². The molecule has 1 aromatic heterocycles. The lowest BCUT2D eigenvalue weighted by molar-refractivity contribution is 0.639. The Bertz CT molecular complexity index is 800. The van der Waals surface area contributed by atoms with E-state index in [0.717, 1.165) is 54.8 Å². The van der Waals surface area contributed by atoms with Crippen LogP contribution in [0.4, 0.5) is 17.5 Å². The Hall–Kier alpha value is -2.81. The lowest BCUT2D eigenvalue weighted by atomic mass is 10.1. The SMILES string of the molecule is Cc1cc(N(C)C)nc(N2CCN(c3ccc(C#N)c(C)c3)CC2)n1. The number of hydrogen-bond donors (Lipinski definition) is 0. The smallest absolute Gasteiger partial charge is 0.227 e. The standard InChI is InChI=1S/C19H24N6/c1-14-11-17(6-5-16(14)13-20)24-7-9-25(10-8-24)19-21-15(2)12-18(22-19)23(3)4/h5-6,11-12H,7-10H2,1-4H3. The number of nitriles is 1. The molecule has 1 fully saturated rings. The van der Waals surface area contributed by atoms with Gasteiger partial charge in [-0.15, -0.1) is 0 Å². The van der Waals surface area contributed by atoms with Crippen molar-refractivity contribution in [3.63, 3.8) is 0 Å². The fourth-order valence-corrected chi connectivity index (χ4v) is 3.04. The third kappa shape index (κ3) is 3.66. The minimum Gasteiger partial charge on any atom is -0.368 e. The molecule has 2 aromatic rings. The number of anilines is 3. The molecule has 0 radical (unpaired) electrons. The molecule has 1 aromatic carbocycles. The fraction of sp³-hybridized carbons (Fsp3) is 0.421. The van der Waals surface area contributed by atoms with E-state index >= 15 is 0 Å². The molecule has 6 heteroatoms. The average Bonchev–Trinajstić information content (AvgIpc) is 2.61. The molecule has 1 saturated heterocycles. The van der Waals surface area contributed by atoms with Crippen LogP contribution >= 0.6 is 0 Å². The summed E-state index contributed by atoms with van der Waals surface area (Å²) in [5, 5.41) is 9.08. The Kier molecular flexibility index (Phi) is 4.75. The van der Waals surface area contributed by atoms with Crippen molar-refractivity contribution in [3.8, 4) is 6.07 Å². The van der Waals surface area contributed by atoms with Gasteiger partial charge in [-0.05, 0) is 37.6 Å². The Morgan fingerprint density at radius 1 is 1.00 bits per heavy atom. The number of hydrogen-bond acceptors (Lipinski definition) is 6. The van der Waals surface area contributed by atoms with Crippen LogP contribution in [0.3, 0.4) is 0 Å². The minimum absolute atomic E-state index is 0.742. The van der Waals surface area contributed by atoms with E-state index in [4.69, 9.17) is 5.26 Å². The lowest BCUT2D eigenvalue weighted by Crippen LogP contribution is -2.47. The highest BCUT2D eigenvalue weighted by Crippen LogP contribution is 2.22. The number of aromatic nitrogens is 2. The number of aryl methyl sites for hydroxylation is 2. The first-order valence-corrected chi connectivity index (χ1v) is 8.51. The number of nitrogens with zero attached hydrogens (tertiary/aromatic N) is 6. The van der Waals surface area contributed by atoms with E-state index < -0.39 is 0 Å². The molecule has 130 valence electrons. The summed E-state index contributed by atoms with van der Waals surface area (Å²) in [6, 6.07) is 10.3. The maximum Gasteiger partial charge on any atom is 0.227 e. The van der Waals surface area contributed by atoms with Crippen molar-refractivity contribution in [2.45, 2.75) is 13.8 Å². The van der Waals surface area contributed by atoms with E-state index in [1.165, 1.54) is 5.69 Å². The second-order valence-electron chi connectivity index (χ2n) is 6.65. The molecule has 0 amide bonds. The Morgan fingerprint density at radius 2 is 1.68 bits per heavy atom. The summed E-state index contributed by atoms with van der Waals surface area (Å²) in [6.07, 6.45) is 0. The normalized spacial score (nSPS) is 14.4. The summed E-state index contributed by atoms with van der Waals surface area (Å²) in [5.74, 6) is 1.74. The number of rotatable bonds is 3. The fourth-order valence-electron chi connectivity index (χ4n) is 3.04. The van der Waals surface area contributed by atoms with Crippen molar-refractivity contribution in [3.05, 3.63) is 41.1 Å². The summed E-state index contributed by atoms with van der Waals surface area (Å²) in [6.45, 7) is 7.60. The summed E-state index contributed by atoms with van der Waals surface area (Å²) in [4.78, 5) is 15.9. The predicted octanol–water partition coefficient (Wildman–Crippen LogP) is 2.36. The van der Waals surface area contributed by atoms with Crippen LogP contribution in [-0.2, 0) is 0 Å². The zero-order chi connectivity index (χ0) is 18.0. The van der Waals surface area contributed by atoms with Gasteiger partial charge in [0, 0.05) is 57.7 Å². The molecular weight excluding hydrogens is 312 g/mol. The summed E-state index contributed by atoms with van der Waals surface area (Å²) < 4.78 is 0. The van der Waals surface area contributed by atoms with Gasteiger partial charge >= 0.3 is 0 Å².